The molecule has 15 heavy (non-hydrogen) atoms. The Morgan fingerprint density at radius 1 is 1.40 bits per heavy atom. The molecule has 0 radical (unpaired) electrons. The second-order valence-electron chi connectivity index (χ2n) is 4.97. The lowest BCUT2D eigenvalue weighted by molar-refractivity contribution is -0.156. The van der Waals surface area contributed by atoms with Gasteiger partial charge in [-0.15, -0.1) is 0 Å². The number of carboxylic acids is 1. The van der Waals surface area contributed by atoms with Gasteiger partial charge in [-0.2, -0.15) is 0 Å². The quantitative estimate of drug-likeness (QED) is 0.725. The van der Waals surface area contributed by atoms with Gasteiger partial charge in [-0.05, 0) is 31.1 Å². The first-order valence-corrected chi connectivity index (χ1v) is 5.81. The standard InChI is InChI=1S/C11H17NO3/c13-10(14)11(2-1-8-7-9(8)11)12-3-5-15-6-4-12/h8-9H,1-7H2,(H,13,14). The number of ether oxygens (including phenoxy) is 1. The molecule has 1 saturated heterocycles. The number of morpholine rings is 1. The van der Waals surface area contributed by atoms with Crippen LogP contribution in [0.15, 0.2) is 0 Å². The molecule has 0 spiro atoms. The van der Waals surface area contributed by atoms with E-state index in [-0.39, 0.29) is 0 Å². The van der Waals surface area contributed by atoms with Crippen molar-refractivity contribution in [3.8, 4) is 0 Å². The van der Waals surface area contributed by atoms with E-state index in [4.69, 9.17) is 4.74 Å². The molecule has 3 rings (SSSR count). The van der Waals surface area contributed by atoms with Crippen LogP contribution in [-0.4, -0.2) is 47.8 Å². The number of hydrogen-bond donors (Lipinski definition) is 1. The molecule has 4 nitrogen and oxygen atoms in total. The molecule has 3 atom stereocenters. The van der Waals surface area contributed by atoms with Gasteiger partial charge in [0.1, 0.15) is 5.54 Å². The van der Waals surface area contributed by atoms with Gasteiger partial charge in [0, 0.05) is 13.1 Å². The van der Waals surface area contributed by atoms with E-state index in [9.17, 15) is 9.90 Å². The third-order valence-corrected chi connectivity index (χ3v) is 4.38. The van der Waals surface area contributed by atoms with Gasteiger partial charge >= 0.3 is 5.97 Å². The van der Waals surface area contributed by atoms with E-state index in [1.54, 1.807) is 0 Å². The highest BCUT2D eigenvalue weighted by Gasteiger charge is 2.64. The first-order valence-electron chi connectivity index (χ1n) is 5.81. The van der Waals surface area contributed by atoms with Gasteiger partial charge < -0.3 is 9.84 Å². The second-order valence-corrected chi connectivity index (χ2v) is 4.97. The van der Waals surface area contributed by atoms with Crippen LogP contribution >= 0.6 is 0 Å². The average Bonchev–Trinajstić information content (AvgIpc) is 2.94. The van der Waals surface area contributed by atoms with Crippen molar-refractivity contribution in [2.45, 2.75) is 24.8 Å². The molecule has 0 bridgehead atoms. The number of aliphatic carboxylic acids is 1. The summed E-state index contributed by atoms with van der Waals surface area (Å²) in [5.41, 5.74) is -0.533. The summed E-state index contributed by atoms with van der Waals surface area (Å²) in [6, 6.07) is 0. The van der Waals surface area contributed by atoms with Crippen LogP contribution in [0.3, 0.4) is 0 Å². The summed E-state index contributed by atoms with van der Waals surface area (Å²) in [4.78, 5) is 13.7. The zero-order valence-corrected chi connectivity index (χ0v) is 8.82. The Bertz CT molecular complexity index is 288. The molecule has 1 aliphatic heterocycles. The van der Waals surface area contributed by atoms with Crippen LogP contribution in [0.5, 0.6) is 0 Å². The van der Waals surface area contributed by atoms with E-state index in [0.717, 1.165) is 32.4 Å². The van der Waals surface area contributed by atoms with Crippen molar-refractivity contribution in [1.29, 1.82) is 0 Å². The molecule has 2 aliphatic carbocycles. The van der Waals surface area contributed by atoms with Gasteiger partial charge in [0.25, 0.3) is 0 Å². The molecule has 4 heteroatoms. The molecular formula is C11H17NO3. The highest BCUT2D eigenvalue weighted by molar-refractivity contribution is 5.80. The van der Waals surface area contributed by atoms with Gasteiger partial charge in [0.2, 0.25) is 0 Å². The molecule has 1 heterocycles. The van der Waals surface area contributed by atoms with E-state index in [1.807, 2.05) is 0 Å². The summed E-state index contributed by atoms with van der Waals surface area (Å²) in [7, 11) is 0. The van der Waals surface area contributed by atoms with Crippen molar-refractivity contribution >= 4 is 5.97 Å². The molecule has 1 N–H and O–H groups in total. The summed E-state index contributed by atoms with van der Waals surface area (Å²) >= 11 is 0. The van der Waals surface area contributed by atoms with Crippen LogP contribution in [0, 0.1) is 11.8 Å². The minimum Gasteiger partial charge on any atom is -0.480 e. The van der Waals surface area contributed by atoms with E-state index in [2.05, 4.69) is 4.90 Å². The fraction of sp³-hybridized carbons (Fsp3) is 0.909. The van der Waals surface area contributed by atoms with Crippen LogP contribution in [0.25, 0.3) is 0 Å². The van der Waals surface area contributed by atoms with Gasteiger partial charge in [0.15, 0.2) is 0 Å². The maximum absolute atomic E-state index is 11.6. The van der Waals surface area contributed by atoms with Crippen molar-refractivity contribution in [2.75, 3.05) is 26.3 Å². The fourth-order valence-electron chi connectivity index (χ4n) is 3.50. The third-order valence-electron chi connectivity index (χ3n) is 4.38. The maximum atomic E-state index is 11.6. The number of hydrogen-bond acceptors (Lipinski definition) is 3. The molecule has 3 fully saturated rings. The molecular weight excluding hydrogens is 194 g/mol. The Kier molecular flexibility index (Phi) is 2.04. The van der Waals surface area contributed by atoms with Gasteiger partial charge in [-0.1, -0.05) is 0 Å². The SMILES string of the molecule is O=C(O)C1(N2CCOCC2)CCC2CC21. The lowest BCUT2D eigenvalue weighted by Gasteiger charge is -2.41. The van der Waals surface area contributed by atoms with E-state index >= 15 is 0 Å². The van der Waals surface area contributed by atoms with Crippen LogP contribution in [-0.2, 0) is 9.53 Å². The number of nitrogens with zero attached hydrogens (tertiary/aromatic N) is 1. The minimum atomic E-state index is -0.602. The highest BCUT2D eigenvalue weighted by atomic mass is 16.5. The Balaban J connectivity index is 1.86. The van der Waals surface area contributed by atoms with Crippen LogP contribution in [0.1, 0.15) is 19.3 Å². The Labute approximate surface area is 89.2 Å². The lowest BCUT2D eigenvalue weighted by atomic mass is 9.90. The number of fused-ring (bicyclic) bond motifs is 1. The van der Waals surface area contributed by atoms with Gasteiger partial charge in [0.05, 0.1) is 13.2 Å². The smallest absolute Gasteiger partial charge is 0.324 e. The molecule has 3 unspecified atom stereocenters. The summed E-state index contributed by atoms with van der Waals surface area (Å²) < 4.78 is 5.30. The fourth-order valence-corrected chi connectivity index (χ4v) is 3.50. The predicted octanol–water partition coefficient (Wildman–Crippen LogP) is 0.572. The third kappa shape index (κ3) is 1.24. The molecule has 2 saturated carbocycles. The molecule has 0 aromatic heterocycles. The van der Waals surface area contributed by atoms with Gasteiger partial charge in [-0.3, -0.25) is 9.69 Å². The molecule has 0 aromatic carbocycles. The largest absolute Gasteiger partial charge is 0.480 e. The number of rotatable bonds is 2. The highest BCUT2D eigenvalue weighted by Crippen LogP contribution is 2.59. The Morgan fingerprint density at radius 3 is 2.60 bits per heavy atom. The second kappa shape index (κ2) is 3.19. The zero-order chi connectivity index (χ0) is 10.5. The van der Waals surface area contributed by atoms with Crippen molar-refractivity contribution in [1.82, 2.24) is 4.90 Å². The predicted molar refractivity (Wildman–Crippen MR) is 53.6 cm³/mol. The van der Waals surface area contributed by atoms with Crippen molar-refractivity contribution in [3.05, 3.63) is 0 Å². The van der Waals surface area contributed by atoms with E-state index < -0.39 is 11.5 Å². The lowest BCUT2D eigenvalue weighted by Crippen LogP contribution is -2.58. The van der Waals surface area contributed by atoms with Crippen molar-refractivity contribution in [2.24, 2.45) is 11.8 Å². The Hall–Kier alpha value is -0.610. The topological polar surface area (TPSA) is 49.8 Å². The summed E-state index contributed by atoms with van der Waals surface area (Å²) in [6.07, 6.45) is 3.08. The summed E-state index contributed by atoms with van der Waals surface area (Å²) in [5, 5.41) is 9.53. The van der Waals surface area contributed by atoms with Crippen molar-refractivity contribution in [3.63, 3.8) is 0 Å². The van der Waals surface area contributed by atoms with E-state index in [0.29, 0.717) is 25.0 Å². The minimum absolute atomic E-state index is 0.424. The Morgan fingerprint density at radius 2 is 2.13 bits per heavy atom. The molecule has 84 valence electrons. The van der Waals surface area contributed by atoms with E-state index in [1.165, 1.54) is 0 Å². The van der Waals surface area contributed by atoms with Gasteiger partial charge in [-0.25, -0.2) is 0 Å². The van der Waals surface area contributed by atoms with Crippen LogP contribution < -0.4 is 0 Å². The monoisotopic (exact) mass is 211 g/mol. The first-order chi connectivity index (χ1) is 7.25. The zero-order valence-electron chi connectivity index (χ0n) is 8.82. The number of carboxylic acid groups (broad SMARTS) is 1. The first kappa shape index (κ1) is 9.60. The molecule has 3 aliphatic rings. The van der Waals surface area contributed by atoms with Crippen molar-refractivity contribution < 1.29 is 14.6 Å². The summed E-state index contributed by atoms with van der Waals surface area (Å²) in [6.45, 7) is 2.95. The number of carbonyl (C=O) groups is 1. The van der Waals surface area contributed by atoms with Crippen LogP contribution in [0.4, 0.5) is 0 Å². The maximum Gasteiger partial charge on any atom is 0.324 e. The normalized spacial score (nSPS) is 45.1. The van der Waals surface area contributed by atoms with Crippen LogP contribution in [0.2, 0.25) is 0 Å². The average molecular weight is 211 g/mol. The molecule has 0 aromatic rings. The molecule has 0 amide bonds. The summed E-state index contributed by atoms with van der Waals surface area (Å²) in [5.74, 6) is 0.520.